The molecule has 1 saturated heterocycles. The van der Waals surface area contributed by atoms with E-state index in [-0.39, 0.29) is 17.6 Å². The Morgan fingerprint density at radius 2 is 1.85 bits per heavy atom. The maximum Gasteiger partial charge on any atom is 0.218 e. The van der Waals surface area contributed by atoms with Gasteiger partial charge in [0, 0.05) is 12.1 Å². The SMILES string of the molecule is O=S(=O)(Cc1ccccc1)N1CCC[C@H]1c1nc(-c2ccc(F)cc2)n[nH]1. The van der Waals surface area contributed by atoms with Crippen molar-refractivity contribution in [3.63, 3.8) is 0 Å². The van der Waals surface area contributed by atoms with E-state index in [0.717, 1.165) is 12.0 Å². The molecule has 6 nitrogen and oxygen atoms in total. The summed E-state index contributed by atoms with van der Waals surface area (Å²) in [5, 5.41) is 7.05. The molecule has 1 fully saturated rings. The Labute approximate surface area is 157 Å². The Bertz CT molecular complexity index is 1020. The molecule has 2 aromatic carbocycles. The number of H-pyrrole nitrogens is 1. The molecule has 0 spiro atoms. The molecule has 0 saturated carbocycles. The minimum Gasteiger partial charge on any atom is -0.261 e. The summed E-state index contributed by atoms with van der Waals surface area (Å²) in [4.78, 5) is 4.47. The van der Waals surface area contributed by atoms with Gasteiger partial charge in [0.2, 0.25) is 10.0 Å². The minimum atomic E-state index is -3.48. The summed E-state index contributed by atoms with van der Waals surface area (Å²) < 4.78 is 40.4. The highest BCUT2D eigenvalue weighted by Crippen LogP contribution is 2.34. The Balaban J connectivity index is 1.57. The number of aromatic amines is 1. The Hall–Kier alpha value is -2.58. The molecule has 0 bridgehead atoms. The molecule has 1 N–H and O–H groups in total. The first kappa shape index (κ1) is 17.8. The highest BCUT2D eigenvalue weighted by molar-refractivity contribution is 7.88. The van der Waals surface area contributed by atoms with Crippen LogP contribution in [0.2, 0.25) is 0 Å². The van der Waals surface area contributed by atoms with Gasteiger partial charge in [-0.3, -0.25) is 5.10 Å². The smallest absolute Gasteiger partial charge is 0.218 e. The summed E-state index contributed by atoms with van der Waals surface area (Å²) in [7, 11) is -3.48. The van der Waals surface area contributed by atoms with E-state index in [1.54, 1.807) is 12.1 Å². The second-order valence-electron chi connectivity index (χ2n) is 6.56. The largest absolute Gasteiger partial charge is 0.261 e. The molecule has 4 rings (SSSR count). The van der Waals surface area contributed by atoms with Crippen molar-refractivity contribution in [1.82, 2.24) is 19.5 Å². The number of rotatable bonds is 5. The van der Waals surface area contributed by atoms with Crippen LogP contribution in [0.25, 0.3) is 11.4 Å². The van der Waals surface area contributed by atoms with E-state index < -0.39 is 10.0 Å². The fourth-order valence-corrected chi connectivity index (χ4v) is 5.15. The average Bonchev–Trinajstić information content (AvgIpc) is 3.32. The van der Waals surface area contributed by atoms with Gasteiger partial charge in [0.15, 0.2) is 5.82 Å². The first-order valence-corrected chi connectivity index (χ1v) is 10.4. The van der Waals surface area contributed by atoms with Crippen LogP contribution in [0.5, 0.6) is 0 Å². The number of hydrogen-bond acceptors (Lipinski definition) is 4. The summed E-state index contributed by atoms with van der Waals surface area (Å²) in [6.07, 6.45) is 1.46. The van der Waals surface area contributed by atoms with Crippen molar-refractivity contribution < 1.29 is 12.8 Å². The maximum atomic E-state index is 13.1. The third kappa shape index (κ3) is 3.77. The number of sulfonamides is 1. The van der Waals surface area contributed by atoms with Crippen LogP contribution in [-0.4, -0.2) is 34.4 Å². The summed E-state index contributed by atoms with van der Waals surface area (Å²) in [6, 6.07) is 14.7. The molecule has 2 heterocycles. The van der Waals surface area contributed by atoms with Crippen LogP contribution in [0.4, 0.5) is 4.39 Å². The molecule has 3 aromatic rings. The number of nitrogens with zero attached hydrogens (tertiary/aromatic N) is 3. The summed E-state index contributed by atoms with van der Waals surface area (Å²) in [6.45, 7) is 0.465. The number of halogens is 1. The van der Waals surface area contributed by atoms with Crippen molar-refractivity contribution in [1.29, 1.82) is 0 Å². The molecule has 0 aliphatic carbocycles. The highest BCUT2D eigenvalue weighted by atomic mass is 32.2. The van der Waals surface area contributed by atoms with Gasteiger partial charge in [0.05, 0.1) is 11.8 Å². The van der Waals surface area contributed by atoms with E-state index in [9.17, 15) is 12.8 Å². The first-order valence-electron chi connectivity index (χ1n) is 8.74. The van der Waals surface area contributed by atoms with Gasteiger partial charge in [-0.05, 0) is 42.7 Å². The molecular formula is C19H19FN4O2S. The molecule has 1 aliphatic rings. The van der Waals surface area contributed by atoms with Crippen molar-refractivity contribution in [2.45, 2.75) is 24.6 Å². The molecule has 0 radical (unpaired) electrons. The van der Waals surface area contributed by atoms with Gasteiger partial charge in [-0.2, -0.15) is 9.40 Å². The Morgan fingerprint density at radius 3 is 2.59 bits per heavy atom. The van der Waals surface area contributed by atoms with E-state index in [1.807, 2.05) is 30.3 Å². The maximum absolute atomic E-state index is 13.1. The van der Waals surface area contributed by atoms with Gasteiger partial charge in [-0.1, -0.05) is 30.3 Å². The van der Waals surface area contributed by atoms with E-state index in [4.69, 9.17) is 0 Å². The molecule has 8 heteroatoms. The average molecular weight is 386 g/mol. The van der Waals surface area contributed by atoms with Crippen molar-refractivity contribution in [2.24, 2.45) is 0 Å². The normalized spacial score (nSPS) is 18.0. The van der Waals surface area contributed by atoms with Gasteiger partial charge in [-0.25, -0.2) is 17.8 Å². The third-order valence-electron chi connectivity index (χ3n) is 4.67. The first-order chi connectivity index (χ1) is 13.0. The van der Waals surface area contributed by atoms with Gasteiger partial charge < -0.3 is 0 Å². The van der Waals surface area contributed by atoms with Crippen LogP contribution < -0.4 is 0 Å². The Morgan fingerprint density at radius 1 is 1.11 bits per heavy atom. The molecule has 140 valence electrons. The second kappa shape index (κ2) is 7.21. The zero-order chi connectivity index (χ0) is 18.9. The lowest BCUT2D eigenvalue weighted by atomic mass is 10.2. The predicted molar refractivity (Wildman–Crippen MR) is 99.5 cm³/mol. The van der Waals surface area contributed by atoms with Crippen LogP contribution in [0.1, 0.15) is 30.3 Å². The fourth-order valence-electron chi connectivity index (χ4n) is 3.37. The van der Waals surface area contributed by atoms with Gasteiger partial charge in [0.25, 0.3) is 0 Å². The van der Waals surface area contributed by atoms with E-state index in [2.05, 4.69) is 15.2 Å². The zero-order valence-corrected chi connectivity index (χ0v) is 15.4. The molecular weight excluding hydrogens is 367 g/mol. The number of benzene rings is 2. The molecule has 1 aliphatic heterocycles. The van der Waals surface area contributed by atoms with Crippen LogP contribution in [0.15, 0.2) is 54.6 Å². The molecule has 0 unspecified atom stereocenters. The van der Waals surface area contributed by atoms with Crippen molar-refractivity contribution in [3.05, 3.63) is 71.8 Å². The van der Waals surface area contributed by atoms with Crippen LogP contribution in [0.3, 0.4) is 0 Å². The van der Waals surface area contributed by atoms with Crippen LogP contribution >= 0.6 is 0 Å². The second-order valence-corrected chi connectivity index (χ2v) is 8.48. The standard InChI is InChI=1S/C19H19FN4O2S/c20-16-10-8-15(9-11-16)18-21-19(23-22-18)17-7-4-12-24(17)27(25,26)13-14-5-2-1-3-6-14/h1-3,5-6,8-11,17H,4,7,12-13H2,(H,21,22,23)/t17-/m0/s1. The highest BCUT2D eigenvalue weighted by Gasteiger charge is 2.37. The summed E-state index contributed by atoms with van der Waals surface area (Å²) >= 11 is 0. The quantitative estimate of drug-likeness (QED) is 0.730. The molecule has 27 heavy (non-hydrogen) atoms. The molecule has 0 amide bonds. The van der Waals surface area contributed by atoms with Gasteiger partial charge in [0.1, 0.15) is 11.6 Å². The topological polar surface area (TPSA) is 79.0 Å². The van der Waals surface area contributed by atoms with E-state index >= 15 is 0 Å². The lowest BCUT2D eigenvalue weighted by Crippen LogP contribution is -2.32. The minimum absolute atomic E-state index is 0.0384. The van der Waals surface area contributed by atoms with Crippen molar-refractivity contribution in [2.75, 3.05) is 6.54 Å². The summed E-state index contributed by atoms with van der Waals surface area (Å²) in [5.74, 6) is 0.577. The van der Waals surface area contributed by atoms with Crippen molar-refractivity contribution >= 4 is 10.0 Å². The van der Waals surface area contributed by atoms with Gasteiger partial charge >= 0.3 is 0 Å². The third-order valence-corrected chi connectivity index (χ3v) is 6.52. The summed E-state index contributed by atoms with van der Waals surface area (Å²) in [5.41, 5.74) is 1.43. The number of aromatic nitrogens is 3. The monoisotopic (exact) mass is 386 g/mol. The van der Waals surface area contributed by atoms with Gasteiger partial charge in [-0.15, -0.1) is 0 Å². The zero-order valence-electron chi connectivity index (χ0n) is 14.5. The lowest BCUT2D eigenvalue weighted by molar-refractivity contribution is 0.383. The van der Waals surface area contributed by atoms with Crippen molar-refractivity contribution in [3.8, 4) is 11.4 Å². The predicted octanol–water partition coefficient (Wildman–Crippen LogP) is 3.28. The molecule has 1 aromatic heterocycles. The molecule has 1 atom stereocenters. The fraction of sp³-hybridized carbons (Fsp3) is 0.263. The lowest BCUT2D eigenvalue weighted by Gasteiger charge is -2.22. The number of hydrogen-bond donors (Lipinski definition) is 1. The van der Waals surface area contributed by atoms with Crippen LogP contribution in [0, 0.1) is 5.82 Å². The van der Waals surface area contributed by atoms with Crippen LogP contribution in [-0.2, 0) is 15.8 Å². The van der Waals surface area contributed by atoms with E-state index in [1.165, 1.54) is 16.4 Å². The van der Waals surface area contributed by atoms with E-state index in [0.29, 0.717) is 30.2 Å². The Kier molecular flexibility index (Phi) is 4.75. The number of nitrogens with one attached hydrogen (secondary N) is 1.